The van der Waals surface area contributed by atoms with Crippen molar-refractivity contribution in [2.45, 2.75) is 13.5 Å². The summed E-state index contributed by atoms with van der Waals surface area (Å²) < 4.78 is 0. The fourth-order valence-electron chi connectivity index (χ4n) is 1.97. The number of hydrogen-bond donors (Lipinski definition) is 3. The molecule has 1 aromatic carbocycles. The molecule has 4 N–H and O–H groups in total. The molecule has 0 aliphatic heterocycles. The summed E-state index contributed by atoms with van der Waals surface area (Å²) in [7, 11) is 0. The molecule has 0 spiro atoms. The van der Waals surface area contributed by atoms with Crippen molar-refractivity contribution in [1.82, 2.24) is 15.2 Å². The van der Waals surface area contributed by atoms with Crippen molar-refractivity contribution < 1.29 is 0 Å². The van der Waals surface area contributed by atoms with E-state index in [-0.39, 0.29) is 0 Å². The van der Waals surface area contributed by atoms with Crippen molar-refractivity contribution in [1.29, 1.82) is 0 Å². The van der Waals surface area contributed by atoms with Crippen LogP contribution in [0.3, 0.4) is 0 Å². The average Bonchev–Trinajstić information content (AvgIpc) is 3.06. The first-order chi connectivity index (χ1) is 9.74. The highest BCUT2D eigenvalue weighted by atomic mass is 32.1. The second kappa shape index (κ2) is 5.34. The smallest absolute Gasteiger partial charge is 0.183 e. The van der Waals surface area contributed by atoms with Gasteiger partial charge in [0.25, 0.3) is 0 Å². The second-order valence-electron chi connectivity index (χ2n) is 4.44. The minimum absolute atomic E-state index is 0.698. The van der Waals surface area contributed by atoms with Gasteiger partial charge >= 0.3 is 0 Å². The predicted molar refractivity (Wildman–Crippen MR) is 82.6 cm³/mol. The van der Waals surface area contributed by atoms with E-state index >= 15 is 0 Å². The molecule has 0 atom stereocenters. The predicted octanol–water partition coefficient (Wildman–Crippen LogP) is 3.04. The topological polar surface area (TPSA) is 79.6 Å². The van der Waals surface area contributed by atoms with Gasteiger partial charge in [-0.25, -0.2) is 4.98 Å². The quantitative estimate of drug-likeness (QED) is 0.688. The van der Waals surface area contributed by atoms with Crippen LogP contribution in [0.25, 0.3) is 11.4 Å². The number of para-hydroxylation sites is 1. The normalized spacial score (nSPS) is 10.7. The largest absolute Gasteiger partial charge is 0.398 e. The first-order valence-electron chi connectivity index (χ1n) is 6.28. The molecule has 3 aromatic rings. The molecule has 0 aliphatic carbocycles. The molecular weight excluding hydrogens is 270 g/mol. The van der Waals surface area contributed by atoms with E-state index in [0.717, 1.165) is 27.6 Å². The Hall–Kier alpha value is -2.34. The summed E-state index contributed by atoms with van der Waals surface area (Å²) in [5, 5.41) is 12.5. The molecule has 5 nitrogen and oxygen atoms in total. The molecule has 0 unspecified atom stereocenters. The van der Waals surface area contributed by atoms with E-state index in [1.54, 1.807) is 11.3 Å². The van der Waals surface area contributed by atoms with Crippen LogP contribution in [-0.2, 0) is 6.54 Å². The van der Waals surface area contributed by atoms with Crippen LogP contribution in [0.5, 0.6) is 0 Å². The van der Waals surface area contributed by atoms with Gasteiger partial charge in [-0.3, -0.25) is 5.10 Å². The Morgan fingerprint density at radius 1 is 1.30 bits per heavy atom. The maximum Gasteiger partial charge on any atom is 0.183 e. The van der Waals surface area contributed by atoms with Crippen LogP contribution in [0.15, 0.2) is 35.7 Å². The Kier molecular flexibility index (Phi) is 3.39. The number of thiophene rings is 1. The second-order valence-corrected chi connectivity index (χ2v) is 5.44. The van der Waals surface area contributed by atoms with Crippen molar-refractivity contribution >= 4 is 22.7 Å². The Morgan fingerprint density at radius 2 is 2.15 bits per heavy atom. The van der Waals surface area contributed by atoms with E-state index < -0.39 is 0 Å². The van der Waals surface area contributed by atoms with Crippen molar-refractivity contribution in [2.24, 2.45) is 0 Å². The number of benzene rings is 1. The molecule has 2 heterocycles. The molecule has 3 rings (SSSR count). The maximum absolute atomic E-state index is 5.90. The molecular formula is C14H15N5S. The number of nitrogens with one attached hydrogen (secondary N) is 2. The van der Waals surface area contributed by atoms with Crippen LogP contribution in [0.4, 0.5) is 11.4 Å². The molecule has 6 heteroatoms. The number of aryl methyl sites for hydroxylation is 1. The minimum Gasteiger partial charge on any atom is -0.398 e. The lowest BCUT2D eigenvalue weighted by molar-refractivity contribution is 1.04. The SMILES string of the molecule is Cc1nc(-c2ccccc2NCc2sccc2N)n[nH]1. The van der Waals surface area contributed by atoms with Crippen LogP contribution in [0.1, 0.15) is 10.7 Å². The van der Waals surface area contributed by atoms with Crippen molar-refractivity contribution in [3.05, 3.63) is 46.4 Å². The molecule has 102 valence electrons. The molecule has 0 saturated carbocycles. The van der Waals surface area contributed by atoms with Crippen LogP contribution < -0.4 is 11.1 Å². The highest BCUT2D eigenvalue weighted by Crippen LogP contribution is 2.27. The van der Waals surface area contributed by atoms with Gasteiger partial charge in [0.15, 0.2) is 5.82 Å². The summed E-state index contributed by atoms with van der Waals surface area (Å²) >= 11 is 1.65. The zero-order chi connectivity index (χ0) is 13.9. The molecule has 0 amide bonds. The third-order valence-corrected chi connectivity index (χ3v) is 3.92. The Labute approximate surface area is 120 Å². The lowest BCUT2D eigenvalue weighted by Crippen LogP contribution is -2.01. The average molecular weight is 285 g/mol. The van der Waals surface area contributed by atoms with Crippen molar-refractivity contribution in [3.8, 4) is 11.4 Å². The monoisotopic (exact) mass is 285 g/mol. The van der Waals surface area contributed by atoms with E-state index in [0.29, 0.717) is 12.4 Å². The van der Waals surface area contributed by atoms with Gasteiger partial charge in [-0.05, 0) is 30.5 Å². The summed E-state index contributed by atoms with van der Waals surface area (Å²) in [5.41, 5.74) is 8.70. The van der Waals surface area contributed by atoms with Gasteiger partial charge < -0.3 is 11.1 Å². The van der Waals surface area contributed by atoms with Crippen molar-refractivity contribution in [2.75, 3.05) is 11.1 Å². The minimum atomic E-state index is 0.698. The fraction of sp³-hybridized carbons (Fsp3) is 0.143. The molecule has 0 aliphatic rings. The number of nitrogens with zero attached hydrogens (tertiary/aromatic N) is 2. The van der Waals surface area contributed by atoms with Crippen LogP contribution in [-0.4, -0.2) is 15.2 Å². The zero-order valence-corrected chi connectivity index (χ0v) is 11.9. The number of rotatable bonds is 4. The lowest BCUT2D eigenvalue weighted by atomic mass is 10.1. The molecule has 2 aromatic heterocycles. The van der Waals surface area contributed by atoms with Gasteiger partial charge in [-0.1, -0.05) is 12.1 Å². The zero-order valence-electron chi connectivity index (χ0n) is 11.1. The fourth-order valence-corrected chi connectivity index (χ4v) is 2.70. The molecule has 0 bridgehead atoms. The Morgan fingerprint density at radius 3 is 2.85 bits per heavy atom. The lowest BCUT2D eigenvalue weighted by Gasteiger charge is -2.09. The summed E-state index contributed by atoms with van der Waals surface area (Å²) in [4.78, 5) is 5.51. The van der Waals surface area contributed by atoms with E-state index in [4.69, 9.17) is 5.73 Å². The summed E-state index contributed by atoms with van der Waals surface area (Å²) in [5.74, 6) is 1.50. The van der Waals surface area contributed by atoms with E-state index in [1.165, 1.54) is 0 Å². The highest BCUT2D eigenvalue weighted by molar-refractivity contribution is 7.10. The summed E-state index contributed by atoms with van der Waals surface area (Å²) in [6.07, 6.45) is 0. The Balaban J connectivity index is 1.85. The molecule has 20 heavy (non-hydrogen) atoms. The number of nitrogen functional groups attached to an aromatic ring is 1. The van der Waals surface area contributed by atoms with Crippen LogP contribution >= 0.6 is 11.3 Å². The number of H-pyrrole nitrogens is 1. The number of aromatic amines is 1. The first kappa shape index (κ1) is 12.7. The van der Waals surface area contributed by atoms with Gasteiger partial charge in [0.05, 0.1) is 6.54 Å². The van der Waals surface area contributed by atoms with E-state index in [1.807, 2.05) is 42.6 Å². The number of hydrogen-bond acceptors (Lipinski definition) is 5. The van der Waals surface area contributed by atoms with Crippen molar-refractivity contribution in [3.63, 3.8) is 0 Å². The van der Waals surface area contributed by atoms with Gasteiger partial charge in [0.2, 0.25) is 0 Å². The Bertz CT molecular complexity index is 716. The number of nitrogens with two attached hydrogens (primary N) is 1. The summed E-state index contributed by atoms with van der Waals surface area (Å²) in [6.45, 7) is 2.59. The van der Waals surface area contributed by atoms with E-state index in [2.05, 4.69) is 20.5 Å². The molecule has 0 fully saturated rings. The molecule has 0 radical (unpaired) electrons. The van der Waals surface area contributed by atoms with Gasteiger partial charge in [0, 0.05) is 21.8 Å². The number of aromatic nitrogens is 3. The van der Waals surface area contributed by atoms with E-state index in [9.17, 15) is 0 Å². The number of anilines is 2. The highest BCUT2D eigenvalue weighted by Gasteiger charge is 2.09. The summed E-state index contributed by atoms with van der Waals surface area (Å²) in [6, 6.07) is 9.91. The van der Waals surface area contributed by atoms with Gasteiger partial charge in [-0.15, -0.1) is 11.3 Å². The standard InChI is InChI=1S/C14H15N5S/c1-9-17-14(19-18-9)10-4-2-3-5-12(10)16-8-13-11(15)6-7-20-13/h2-7,16H,8,15H2,1H3,(H,17,18,19). The van der Waals surface area contributed by atoms with Crippen LogP contribution in [0, 0.1) is 6.92 Å². The molecule has 0 saturated heterocycles. The van der Waals surface area contributed by atoms with Gasteiger partial charge in [-0.2, -0.15) is 5.10 Å². The first-order valence-corrected chi connectivity index (χ1v) is 7.16. The van der Waals surface area contributed by atoms with Gasteiger partial charge in [0.1, 0.15) is 5.82 Å². The van der Waals surface area contributed by atoms with Crippen LogP contribution in [0.2, 0.25) is 0 Å². The third-order valence-electron chi connectivity index (χ3n) is 2.98. The maximum atomic E-state index is 5.90. The third kappa shape index (κ3) is 2.50.